The SMILES string of the molecule is NCC(N)c1ccc(Cl)cc1I. The Hall–Kier alpha value is 0.160. The van der Waals surface area contributed by atoms with Crippen molar-refractivity contribution < 1.29 is 0 Å². The molecule has 1 aromatic carbocycles. The molecule has 66 valence electrons. The van der Waals surface area contributed by atoms with Crippen molar-refractivity contribution in [3.05, 3.63) is 32.4 Å². The zero-order chi connectivity index (χ0) is 9.14. The van der Waals surface area contributed by atoms with E-state index in [4.69, 9.17) is 23.1 Å². The molecular weight excluding hydrogens is 286 g/mol. The lowest BCUT2D eigenvalue weighted by molar-refractivity contribution is 0.733. The van der Waals surface area contributed by atoms with Crippen molar-refractivity contribution in [3.8, 4) is 0 Å². The van der Waals surface area contributed by atoms with Crippen LogP contribution in [0.25, 0.3) is 0 Å². The maximum absolute atomic E-state index is 5.79. The monoisotopic (exact) mass is 296 g/mol. The van der Waals surface area contributed by atoms with Crippen LogP contribution < -0.4 is 11.5 Å². The second-order valence-corrected chi connectivity index (χ2v) is 4.11. The molecule has 0 aromatic heterocycles. The Morgan fingerprint density at radius 2 is 2.17 bits per heavy atom. The zero-order valence-electron chi connectivity index (χ0n) is 6.43. The van der Waals surface area contributed by atoms with Gasteiger partial charge in [0.15, 0.2) is 0 Å². The number of hydrogen-bond acceptors (Lipinski definition) is 2. The van der Waals surface area contributed by atoms with Gasteiger partial charge in [-0.3, -0.25) is 0 Å². The highest BCUT2D eigenvalue weighted by Gasteiger charge is 2.07. The summed E-state index contributed by atoms with van der Waals surface area (Å²) < 4.78 is 1.07. The van der Waals surface area contributed by atoms with Gasteiger partial charge < -0.3 is 11.5 Å². The highest BCUT2D eigenvalue weighted by atomic mass is 127. The van der Waals surface area contributed by atoms with Crippen LogP contribution in [0.15, 0.2) is 18.2 Å². The summed E-state index contributed by atoms with van der Waals surface area (Å²) in [4.78, 5) is 0. The second-order valence-electron chi connectivity index (χ2n) is 2.51. The van der Waals surface area contributed by atoms with Crippen LogP contribution in [-0.2, 0) is 0 Å². The summed E-state index contributed by atoms with van der Waals surface area (Å²) in [5.41, 5.74) is 12.3. The van der Waals surface area contributed by atoms with E-state index in [1.54, 1.807) is 0 Å². The third-order valence-corrected chi connectivity index (χ3v) is 2.79. The lowest BCUT2D eigenvalue weighted by atomic mass is 10.1. The van der Waals surface area contributed by atoms with Crippen LogP contribution in [0.5, 0.6) is 0 Å². The summed E-state index contributed by atoms with van der Waals surface area (Å²) in [7, 11) is 0. The van der Waals surface area contributed by atoms with E-state index >= 15 is 0 Å². The molecule has 1 rings (SSSR count). The van der Waals surface area contributed by atoms with E-state index in [1.807, 2.05) is 18.2 Å². The average molecular weight is 297 g/mol. The Morgan fingerprint density at radius 1 is 1.50 bits per heavy atom. The van der Waals surface area contributed by atoms with Gasteiger partial charge in [-0.2, -0.15) is 0 Å². The van der Waals surface area contributed by atoms with E-state index in [0.717, 1.165) is 14.2 Å². The summed E-state index contributed by atoms with van der Waals surface area (Å²) in [6, 6.07) is 5.54. The molecule has 0 spiro atoms. The largest absolute Gasteiger partial charge is 0.329 e. The minimum absolute atomic E-state index is 0.0887. The van der Waals surface area contributed by atoms with Crippen LogP contribution in [0.2, 0.25) is 5.02 Å². The van der Waals surface area contributed by atoms with Crippen molar-refractivity contribution in [1.82, 2.24) is 0 Å². The Morgan fingerprint density at radius 3 is 2.67 bits per heavy atom. The van der Waals surface area contributed by atoms with Gasteiger partial charge in [-0.15, -0.1) is 0 Å². The summed E-state index contributed by atoms with van der Waals surface area (Å²) in [5, 5.41) is 0.729. The normalized spacial score (nSPS) is 13.0. The Kier molecular flexibility index (Phi) is 3.77. The molecule has 0 aliphatic carbocycles. The van der Waals surface area contributed by atoms with Crippen molar-refractivity contribution >= 4 is 34.2 Å². The molecule has 12 heavy (non-hydrogen) atoms. The van der Waals surface area contributed by atoms with Crippen molar-refractivity contribution in [2.24, 2.45) is 11.5 Å². The first-order valence-corrected chi connectivity index (χ1v) is 5.01. The molecule has 0 saturated heterocycles. The molecule has 0 fully saturated rings. The summed E-state index contributed by atoms with van der Waals surface area (Å²) in [5.74, 6) is 0. The molecule has 0 radical (unpaired) electrons. The molecule has 4 heteroatoms. The van der Waals surface area contributed by atoms with Crippen molar-refractivity contribution in [1.29, 1.82) is 0 Å². The van der Waals surface area contributed by atoms with E-state index in [0.29, 0.717) is 6.54 Å². The van der Waals surface area contributed by atoms with Gasteiger partial charge in [0, 0.05) is 21.2 Å². The fourth-order valence-electron chi connectivity index (χ4n) is 0.929. The van der Waals surface area contributed by atoms with E-state index < -0.39 is 0 Å². The molecule has 0 bridgehead atoms. The third-order valence-electron chi connectivity index (χ3n) is 1.62. The van der Waals surface area contributed by atoms with E-state index in [2.05, 4.69) is 22.6 Å². The molecule has 0 heterocycles. The van der Waals surface area contributed by atoms with E-state index in [-0.39, 0.29) is 6.04 Å². The van der Waals surface area contributed by atoms with Crippen molar-refractivity contribution in [3.63, 3.8) is 0 Å². The fraction of sp³-hybridized carbons (Fsp3) is 0.250. The minimum Gasteiger partial charge on any atom is -0.329 e. The second kappa shape index (κ2) is 4.41. The van der Waals surface area contributed by atoms with Crippen LogP contribution in [0.4, 0.5) is 0 Å². The zero-order valence-corrected chi connectivity index (χ0v) is 9.34. The molecule has 1 unspecified atom stereocenters. The van der Waals surface area contributed by atoms with Gasteiger partial charge in [-0.1, -0.05) is 17.7 Å². The molecule has 0 aliphatic rings. The highest BCUT2D eigenvalue weighted by Crippen LogP contribution is 2.21. The molecule has 1 aromatic rings. The Bertz CT molecular complexity index is 278. The molecule has 0 amide bonds. The molecule has 0 saturated carbocycles. The van der Waals surface area contributed by atoms with Gasteiger partial charge >= 0.3 is 0 Å². The fourth-order valence-corrected chi connectivity index (χ4v) is 2.20. The lowest BCUT2D eigenvalue weighted by Gasteiger charge is -2.11. The number of hydrogen-bond donors (Lipinski definition) is 2. The smallest absolute Gasteiger partial charge is 0.0430 e. The first-order valence-electron chi connectivity index (χ1n) is 3.55. The quantitative estimate of drug-likeness (QED) is 0.819. The molecule has 0 aliphatic heterocycles. The third kappa shape index (κ3) is 2.32. The van der Waals surface area contributed by atoms with Crippen LogP contribution in [0, 0.1) is 3.57 Å². The number of benzene rings is 1. The molecule has 2 nitrogen and oxygen atoms in total. The topological polar surface area (TPSA) is 52.0 Å². The molecule has 1 atom stereocenters. The van der Waals surface area contributed by atoms with Crippen LogP contribution >= 0.6 is 34.2 Å². The summed E-state index contributed by atoms with van der Waals surface area (Å²) in [6.07, 6.45) is 0. The predicted octanol–water partition coefficient (Wildman–Crippen LogP) is 1.90. The van der Waals surface area contributed by atoms with Gasteiger partial charge in [0.2, 0.25) is 0 Å². The standard InChI is InChI=1S/C8H10ClIN2/c9-5-1-2-6(7(10)3-5)8(12)4-11/h1-3,8H,4,11-12H2. The van der Waals surface area contributed by atoms with Gasteiger partial charge in [-0.05, 0) is 40.3 Å². The summed E-state index contributed by atoms with van der Waals surface area (Å²) >= 11 is 7.99. The minimum atomic E-state index is -0.0887. The van der Waals surface area contributed by atoms with E-state index in [9.17, 15) is 0 Å². The first-order chi connectivity index (χ1) is 5.65. The van der Waals surface area contributed by atoms with Gasteiger partial charge in [0.25, 0.3) is 0 Å². The van der Waals surface area contributed by atoms with E-state index in [1.165, 1.54) is 0 Å². The number of nitrogens with two attached hydrogens (primary N) is 2. The highest BCUT2D eigenvalue weighted by molar-refractivity contribution is 14.1. The molecule has 4 N–H and O–H groups in total. The maximum Gasteiger partial charge on any atom is 0.0430 e. The maximum atomic E-state index is 5.79. The van der Waals surface area contributed by atoms with Gasteiger partial charge in [0.05, 0.1) is 0 Å². The number of halogens is 2. The number of rotatable bonds is 2. The average Bonchev–Trinajstić information content (AvgIpc) is 2.03. The van der Waals surface area contributed by atoms with Crippen molar-refractivity contribution in [2.45, 2.75) is 6.04 Å². The van der Waals surface area contributed by atoms with Gasteiger partial charge in [0.1, 0.15) is 0 Å². The molecular formula is C8H10ClIN2. The van der Waals surface area contributed by atoms with Crippen LogP contribution in [0.3, 0.4) is 0 Å². The van der Waals surface area contributed by atoms with Crippen LogP contribution in [-0.4, -0.2) is 6.54 Å². The summed E-state index contributed by atoms with van der Waals surface area (Å²) in [6.45, 7) is 0.456. The van der Waals surface area contributed by atoms with Crippen LogP contribution in [0.1, 0.15) is 11.6 Å². The van der Waals surface area contributed by atoms with Gasteiger partial charge in [-0.25, -0.2) is 0 Å². The Labute approximate surface area is 90.4 Å². The van der Waals surface area contributed by atoms with Crippen molar-refractivity contribution in [2.75, 3.05) is 6.54 Å². The first kappa shape index (κ1) is 10.2. The lowest BCUT2D eigenvalue weighted by Crippen LogP contribution is -2.21. The Balaban J connectivity index is 3.01. The predicted molar refractivity (Wildman–Crippen MR) is 60.2 cm³/mol.